The van der Waals surface area contributed by atoms with Gasteiger partial charge in [-0.05, 0) is 66.7 Å². The predicted octanol–water partition coefficient (Wildman–Crippen LogP) is 5.52. The van der Waals surface area contributed by atoms with Gasteiger partial charge in [0.05, 0.1) is 6.42 Å². The Morgan fingerprint density at radius 2 is 1.88 bits per heavy atom. The number of nitrogens with zero attached hydrogens (tertiary/aromatic N) is 2. The fraction of sp³-hybridized carbons (Fsp3) is 0.296. The van der Waals surface area contributed by atoms with E-state index in [0.29, 0.717) is 13.0 Å². The molecule has 2 aliphatic rings. The molecule has 32 heavy (non-hydrogen) atoms. The number of likely N-dealkylation sites (tertiary alicyclic amines) is 1. The fourth-order valence-corrected chi connectivity index (χ4v) is 5.71. The van der Waals surface area contributed by atoms with E-state index in [1.54, 1.807) is 23.5 Å². The SMILES string of the molecule is O=C(Cc1cccs1)N1CC2(CCN(CC=Cc3ccccc3)CC2)c2cc(F)ccc21. The van der Waals surface area contributed by atoms with Gasteiger partial charge in [0.1, 0.15) is 5.82 Å². The molecule has 1 amide bonds. The Morgan fingerprint density at radius 3 is 2.62 bits per heavy atom. The Kier molecular flexibility index (Phi) is 5.94. The van der Waals surface area contributed by atoms with Crippen LogP contribution in [-0.2, 0) is 16.6 Å². The highest BCUT2D eigenvalue weighted by atomic mass is 32.1. The normalized spacial score (nSPS) is 17.8. The molecule has 164 valence electrons. The summed E-state index contributed by atoms with van der Waals surface area (Å²) < 4.78 is 14.2. The molecule has 1 fully saturated rings. The number of halogens is 1. The van der Waals surface area contributed by atoms with E-state index in [-0.39, 0.29) is 17.1 Å². The number of hydrogen-bond acceptors (Lipinski definition) is 3. The Hall–Kier alpha value is -2.76. The van der Waals surface area contributed by atoms with Gasteiger partial charge in [0.2, 0.25) is 5.91 Å². The largest absolute Gasteiger partial charge is 0.311 e. The highest BCUT2D eigenvalue weighted by Crippen LogP contribution is 2.47. The van der Waals surface area contributed by atoms with Crippen LogP contribution < -0.4 is 4.90 Å². The molecule has 5 heteroatoms. The lowest BCUT2D eigenvalue weighted by Gasteiger charge is -2.39. The van der Waals surface area contributed by atoms with Gasteiger partial charge in [0.25, 0.3) is 0 Å². The Balaban J connectivity index is 1.29. The van der Waals surface area contributed by atoms with E-state index in [2.05, 4.69) is 29.2 Å². The molecule has 1 aromatic heterocycles. The zero-order valence-electron chi connectivity index (χ0n) is 18.0. The molecule has 2 aliphatic heterocycles. The molecule has 3 nitrogen and oxygen atoms in total. The minimum Gasteiger partial charge on any atom is -0.311 e. The standard InChI is InChI=1S/C27H27FN2OS/c28-22-10-11-25-24(18-22)27(20-30(25)26(31)19-23-9-5-17-32-23)12-15-29(16-13-27)14-4-8-21-6-2-1-3-7-21/h1-11,17-18H,12-16,19-20H2. The number of anilines is 1. The van der Waals surface area contributed by atoms with Gasteiger partial charge in [0.15, 0.2) is 0 Å². The first kappa shape index (κ1) is 21.1. The zero-order chi connectivity index (χ0) is 22.0. The minimum atomic E-state index is -0.219. The zero-order valence-corrected chi connectivity index (χ0v) is 18.9. The maximum Gasteiger partial charge on any atom is 0.232 e. The van der Waals surface area contributed by atoms with Gasteiger partial charge in [0, 0.05) is 29.1 Å². The first-order chi connectivity index (χ1) is 15.6. The maximum absolute atomic E-state index is 14.2. The first-order valence-electron chi connectivity index (χ1n) is 11.2. The number of carbonyl (C=O) groups is 1. The van der Waals surface area contributed by atoms with Gasteiger partial charge >= 0.3 is 0 Å². The van der Waals surface area contributed by atoms with Crippen LogP contribution in [0.5, 0.6) is 0 Å². The lowest BCUT2D eigenvalue weighted by molar-refractivity contribution is -0.118. The van der Waals surface area contributed by atoms with Gasteiger partial charge in [-0.15, -0.1) is 11.3 Å². The molecule has 0 radical (unpaired) electrons. The maximum atomic E-state index is 14.2. The van der Waals surface area contributed by atoms with Crippen molar-refractivity contribution in [3.63, 3.8) is 0 Å². The smallest absolute Gasteiger partial charge is 0.232 e. The summed E-state index contributed by atoms with van der Waals surface area (Å²) in [6.45, 7) is 3.45. The van der Waals surface area contributed by atoms with E-state index in [0.717, 1.165) is 48.6 Å². The van der Waals surface area contributed by atoms with Crippen LogP contribution in [0.3, 0.4) is 0 Å². The van der Waals surface area contributed by atoms with E-state index in [1.807, 2.05) is 40.6 Å². The first-order valence-corrected chi connectivity index (χ1v) is 12.1. The molecule has 3 aromatic rings. The van der Waals surface area contributed by atoms with Crippen LogP contribution in [0, 0.1) is 5.82 Å². The summed E-state index contributed by atoms with van der Waals surface area (Å²) >= 11 is 1.61. The average Bonchev–Trinajstić information content (AvgIpc) is 3.43. The number of benzene rings is 2. The molecular formula is C27H27FN2OS. The van der Waals surface area contributed by atoms with Crippen LogP contribution in [0.25, 0.3) is 6.08 Å². The van der Waals surface area contributed by atoms with Crippen molar-refractivity contribution in [1.29, 1.82) is 0 Å². The van der Waals surface area contributed by atoms with Crippen molar-refractivity contribution >= 4 is 29.0 Å². The van der Waals surface area contributed by atoms with E-state index in [4.69, 9.17) is 0 Å². The van der Waals surface area contributed by atoms with Crippen molar-refractivity contribution in [2.75, 3.05) is 31.1 Å². The van der Waals surface area contributed by atoms with Crippen LogP contribution in [-0.4, -0.2) is 37.0 Å². The summed E-state index contributed by atoms with van der Waals surface area (Å²) in [6, 6.07) is 19.2. The predicted molar refractivity (Wildman–Crippen MR) is 130 cm³/mol. The van der Waals surface area contributed by atoms with Crippen molar-refractivity contribution in [3.8, 4) is 0 Å². The third kappa shape index (κ3) is 4.27. The van der Waals surface area contributed by atoms with Gasteiger partial charge in [-0.25, -0.2) is 4.39 Å². The summed E-state index contributed by atoms with van der Waals surface area (Å²) in [5, 5.41) is 2.00. The second-order valence-electron chi connectivity index (χ2n) is 8.79. The number of piperidine rings is 1. The molecule has 0 saturated carbocycles. The molecular weight excluding hydrogens is 419 g/mol. The third-order valence-corrected chi connectivity index (χ3v) is 7.65. The number of fused-ring (bicyclic) bond motifs is 2. The van der Waals surface area contributed by atoms with E-state index in [9.17, 15) is 9.18 Å². The van der Waals surface area contributed by atoms with Crippen LogP contribution in [0.1, 0.15) is 28.8 Å². The van der Waals surface area contributed by atoms with Crippen molar-refractivity contribution in [3.05, 3.63) is 93.9 Å². The highest BCUT2D eigenvalue weighted by Gasteiger charge is 2.46. The van der Waals surface area contributed by atoms with E-state index >= 15 is 0 Å². The van der Waals surface area contributed by atoms with Crippen molar-refractivity contribution < 1.29 is 9.18 Å². The molecule has 0 N–H and O–H groups in total. The van der Waals surface area contributed by atoms with E-state index < -0.39 is 0 Å². The number of amides is 1. The fourth-order valence-electron chi connectivity index (χ4n) is 5.01. The molecule has 5 rings (SSSR count). The summed E-state index contributed by atoms with van der Waals surface area (Å²) in [6.07, 6.45) is 6.65. The van der Waals surface area contributed by atoms with Gasteiger partial charge in [-0.2, -0.15) is 0 Å². The lowest BCUT2D eigenvalue weighted by atomic mass is 9.74. The number of carbonyl (C=O) groups excluding carboxylic acids is 1. The van der Waals surface area contributed by atoms with Crippen molar-refractivity contribution in [2.45, 2.75) is 24.7 Å². The number of hydrogen-bond donors (Lipinski definition) is 0. The lowest BCUT2D eigenvalue weighted by Crippen LogP contribution is -2.46. The van der Waals surface area contributed by atoms with Gasteiger partial charge in [-0.1, -0.05) is 48.6 Å². The summed E-state index contributed by atoms with van der Waals surface area (Å²) in [7, 11) is 0. The molecule has 3 heterocycles. The average molecular weight is 447 g/mol. The Morgan fingerprint density at radius 1 is 1.06 bits per heavy atom. The van der Waals surface area contributed by atoms with Crippen molar-refractivity contribution in [1.82, 2.24) is 4.90 Å². The molecule has 1 spiro atoms. The van der Waals surface area contributed by atoms with Crippen molar-refractivity contribution in [2.24, 2.45) is 0 Å². The topological polar surface area (TPSA) is 23.6 Å². The monoisotopic (exact) mass is 446 g/mol. The van der Waals surface area contributed by atoms with Gasteiger partial charge < -0.3 is 4.90 Å². The molecule has 0 bridgehead atoms. The van der Waals surface area contributed by atoms with Crippen LogP contribution in [0.2, 0.25) is 0 Å². The molecule has 0 atom stereocenters. The third-order valence-electron chi connectivity index (χ3n) is 6.77. The second kappa shape index (κ2) is 9.00. The van der Waals surface area contributed by atoms with E-state index in [1.165, 1.54) is 11.6 Å². The molecule has 1 saturated heterocycles. The second-order valence-corrected chi connectivity index (χ2v) is 9.82. The summed E-state index contributed by atoms with van der Waals surface area (Å²) in [5.74, 6) is -0.116. The summed E-state index contributed by atoms with van der Waals surface area (Å²) in [5.41, 5.74) is 2.96. The highest BCUT2D eigenvalue weighted by molar-refractivity contribution is 7.10. The Bertz CT molecular complexity index is 1100. The van der Waals surface area contributed by atoms with Crippen LogP contribution >= 0.6 is 11.3 Å². The number of thiophene rings is 1. The molecule has 0 aliphatic carbocycles. The molecule has 0 unspecified atom stereocenters. The van der Waals surface area contributed by atoms with Crippen LogP contribution in [0.15, 0.2) is 72.1 Å². The van der Waals surface area contributed by atoms with Gasteiger partial charge in [-0.3, -0.25) is 9.69 Å². The minimum absolute atomic E-state index is 0.102. The summed E-state index contributed by atoms with van der Waals surface area (Å²) in [4.78, 5) is 18.6. The number of rotatable bonds is 5. The molecule has 2 aromatic carbocycles. The van der Waals surface area contributed by atoms with Crippen LogP contribution in [0.4, 0.5) is 10.1 Å². The Labute approximate surface area is 192 Å². The quantitative estimate of drug-likeness (QED) is 0.515.